The molecule has 1 aromatic heterocycles. The number of hydrogen-bond donors (Lipinski definition) is 1. The topological polar surface area (TPSA) is 89.0 Å². The van der Waals surface area contributed by atoms with Gasteiger partial charge in [0.2, 0.25) is 11.0 Å². The fourth-order valence-electron chi connectivity index (χ4n) is 1.91. The van der Waals surface area contributed by atoms with Crippen molar-refractivity contribution in [3.63, 3.8) is 0 Å². The summed E-state index contributed by atoms with van der Waals surface area (Å²) in [5.41, 5.74) is 0. The number of rotatable bonds is 4. The maximum atomic E-state index is 11.7. The molecule has 0 aromatic carbocycles. The maximum absolute atomic E-state index is 11.7. The fourth-order valence-corrected chi connectivity index (χ4v) is 4.47. The first kappa shape index (κ1) is 13.4. The lowest BCUT2D eigenvalue weighted by molar-refractivity contribution is -0.116. The number of carbonyl (C=O) groups is 1. The van der Waals surface area contributed by atoms with Crippen LogP contribution in [0.2, 0.25) is 0 Å². The smallest absolute Gasteiger partial charge is 0.226 e. The second kappa shape index (κ2) is 5.31. The summed E-state index contributed by atoms with van der Waals surface area (Å²) in [6.45, 7) is 1.97. The molecule has 1 amide bonds. The standard InChI is InChI=1S/C10H15N3O3S2/c1-2-9-12-13-10(17-9)11-8(14)5-7-3-4-18(15,16)6-7/h7H,2-6H2,1H3,(H,11,13,14). The monoisotopic (exact) mass is 289 g/mol. The third kappa shape index (κ3) is 3.49. The Hall–Kier alpha value is -1.02. The molecule has 2 heterocycles. The Labute approximate surface area is 110 Å². The highest BCUT2D eigenvalue weighted by Crippen LogP contribution is 2.22. The molecule has 1 aliphatic heterocycles. The van der Waals surface area contributed by atoms with Gasteiger partial charge < -0.3 is 5.32 Å². The van der Waals surface area contributed by atoms with Crippen LogP contribution >= 0.6 is 11.3 Å². The summed E-state index contributed by atoms with van der Waals surface area (Å²) in [4.78, 5) is 11.7. The molecule has 1 N–H and O–H groups in total. The van der Waals surface area contributed by atoms with Gasteiger partial charge in [-0.2, -0.15) is 0 Å². The Bertz CT molecular complexity index is 538. The molecular formula is C10H15N3O3S2. The van der Waals surface area contributed by atoms with E-state index in [1.54, 1.807) is 0 Å². The lowest BCUT2D eigenvalue weighted by Gasteiger charge is -2.05. The van der Waals surface area contributed by atoms with Gasteiger partial charge in [-0.3, -0.25) is 4.79 Å². The minimum atomic E-state index is -2.92. The van der Waals surface area contributed by atoms with Gasteiger partial charge in [0.25, 0.3) is 0 Å². The van der Waals surface area contributed by atoms with Crippen molar-refractivity contribution in [1.29, 1.82) is 0 Å². The number of nitrogens with one attached hydrogen (secondary N) is 1. The number of carbonyl (C=O) groups excluding carboxylic acids is 1. The number of anilines is 1. The highest BCUT2D eigenvalue weighted by Gasteiger charge is 2.29. The maximum Gasteiger partial charge on any atom is 0.226 e. The van der Waals surface area contributed by atoms with E-state index in [1.165, 1.54) is 11.3 Å². The number of nitrogens with zero attached hydrogens (tertiary/aromatic N) is 2. The summed E-state index contributed by atoms with van der Waals surface area (Å²) in [5.74, 6) is 0.0741. The van der Waals surface area contributed by atoms with E-state index in [1.807, 2.05) is 6.92 Å². The molecule has 1 fully saturated rings. The Morgan fingerprint density at radius 2 is 2.28 bits per heavy atom. The Morgan fingerprint density at radius 1 is 1.50 bits per heavy atom. The molecular weight excluding hydrogens is 274 g/mol. The zero-order valence-electron chi connectivity index (χ0n) is 10.0. The zero-order valence-corrected chi connectivity index (χ0v) is 11.7. The van der Waals surface area contributed by atoms with Gasteiger partial charge in [0.15, 0.2) is 9.84 Å². The van der Waals surface area contributed by atoms with E-state index in [4.69, 9.17) is 0 Å². The molecule has 8 heteroatoms. The average molecular weight is 289 g/mol. The largest absolute Gasteiger partial charge is 0.301 e. The molecule has 6 nitrogen and oxygen atoms in total. The molecule has 0 radical (unpaired) electrons. The number of aromatic nitrogens is 2. The van der Waals surface area contributed by atoms with E-state index in [0.29, 0.717) is 11.6 Å². The molecule has 1 aromatic rings. The lowest BCUT2D eigenvalue weighted by atomic mass is 10.1. The van der Waals surface area contributed by atoms with Gasteiger partial charge in [0.1, 0.15) is 5.01 Å². The van der Waals surface area contributed by atoms with Gasteiger partial charge in [-0.1, -0.05) is 18.3 Å². The van der Waals surface area contributed by atoms with E-state index in [0.717, 1.165) is 11.4 Å². The molecule has 100 valence electrons. The van der Waals surface area contributed by atoms with Crippen molar-refractivity contribution in [2.24, 2.45) is 5.92 Å². The van der Waals surface area contributed by atoms with Crippen molar-refractivity contribution in [2.45, 2.75) is 26.2 Å². The fraction of sp³-hybridized carbons (Fsp3) is 0.700. The molecule has 18 heavy (non-hydrogen) atoms. The second-order valence-corrected chi connectivity index (χ2v) is 7.67. The minimum absolute atomic E-state index is 0.0615. The van der Waals surface area contributed by atoms with Crippen LogP contribution in [0.25, 0.3) is 0 Å². The minimum Gasteiger partial charge on any atom is -0.301 e. The Morgan fingerprint density at radius 3 is 2.83 bits per heavy atom. The van der Waals surface area contributed by atoms with Crippen molar-refractivity contribution < 1.29 is 13.2 Å². The van der Waals surface area contributed by atoms with Crippen LogP contribution in [0, 0.1) is 5.92 Å². The zero-order chi connectivity index (χ0) is 13.2. The van der Waals surface area contributed by atoms with E-state index in [-0.39, 0.29) is 29.8 Å². The average Bonchev–Trinajstić information content (AvgIpc) is 2.85. The molecule has 1 atom stereocenters. The van der Waals surface area contributed by atoms with Gasteiger partial charge in [0, 0.05) is 6.42 Å². The SMILES string of the molecule is CCc1nnc(NC(=O)CC2CCS(=O)(=O)C2)s1. The predicted molar refractivity (Wildman–Crippen MR) is 69.3 cm³/mol. The van der Waals surface area contributed by atoms with Crippen molar-refractivity contribution in [3.8, 4) is 0 Å². The van der Waals surface area contributed by atoms with Crippen LogP contribution in [-0.4, -0.2) is 36.0 Å². The number of hydrogen-bond acceptors (Lipinski definition) is 6. The van der Waals surface area contributed by atoms with E-state index in [9.17, 15) is 13.2 Å². The van der Waals surface area contributed by atoms with Crippen LogP contribution in [0.4, 0.5) is 5.13 Å². The van der Waals surface area contributed by atoms with Gasteiger partial charge in [-0.25, -0.2) is 8.42 Å². The highest BCUT2D eigenvalue weighted by molar-refractivity contribution is 7.91. The van der Waals surface area contributed by atoms with Crippen LogP contribution in [0.1, 0.15) is 24.8 Å². The Kier molecular flexibility index (Phi) is 3.96. The second-order valence-electron chi connectivity index (χ2n) is 4.38. The van der Waals surface area contributed by atoms with Gasteiger partial charge in [0.05, 0.1) is 11.5 Å². The van der Waals surface area contributed by atoms with Crippen LogP contribution in [0.5, 0.6) is 0 Å². The Balaban J connectivity index is 1.86. The van der Waals surface area contributed by atoms with Crippen molar-refractivity contribution in [1.82, 2.24) is 10.2 Å². The molecule has 0 spiro atoms. The van der Waals surface area contributed by atoms with Crippen molar-refractivity contribution >= 4 is 32.2 Å². The van der Waals surface area contributed by atoms with Crippen LogP contribution in [0.15, 0.2) is 0 Å². The molecule has 0 saturated carbocycles. The molecule has 0 bridgehead atoms. The normalized spacial score (nSPS) is 21.9. The van der Waals surface area contributed by atoms with Crippen LogP contribution < -0.4 is 5.32 Å². The molecule has 2 rings (SSSR count). The first-order chi connectivity index (χ1) is 8.48. The third-order valence-electron chi connectivity index (χ3n) is 2.82. The summed E-state index contributed by atoms with van der Waals surface area (Å²) < 4.78 is 22.5. The van der Waals surface area contributed by atoms with Crippen LogP contribution in [-0.2, 0) is 21.1 Å². The third-order valence-corrected chi connectivity index (χ3v) is 5.64. The molecule has 1 aliphatic rings. The van der Waals surface area contributed by atoms with Gasteiger partial charge >= 0.3 is 0 Å². The van der Waals surface area contributed by atoms with E-state index in [2.05, 4.69) is 15.5 Å². The van der Waals surface area contributed by atoms with Gasteiger partial charge in [-0.15, -0.1) is 10.2 Å². The first-order valence-electron chi connectivity index (χ1n) is 5.81. The summed E-state index contributed by atoms with van der Waals surface area (Å²) in [6, 6.07) is 0. The number of sulfone groups is 1. The van der Waals surface area contributed by atoms with Gasteiger partial charge in [-0.05, 0) is 18.8 Å². The number of aryl methyl sites for hydroxylation is 1. The number of amides is 1. The molecule has 1 unspecified atom stereocenters. The molecule has 1 saturated heterocycles. The quantitative estimate of drug-likeness (QED) is 0.888. The highest BCUT2D eigenvalue weighted by atomic mass is 32.2. The molecule has 0 aliphatic carbocycles. The first-order valence-corrected chi connectivity index (χ1v) is 8.45. The predicted octanol–water partition coefficient (Wildman–Crippen LogP) is 0.864. The summed E-state index contributed by atoms with van der Waals surface area (Å²) in [7, 11) is -2.92. The summed E-state index contributed by atoms with van der Waals surface area (Å²) in [6.07, 6.45) is 1.60. The lowest BCUT2D eigenvalue weighted by Crippen LogP contribution is -2.17. The van der Waals surface area contributed by atoms with Crippen molar-refractivity contribution in [2.75, 3.05) is 16.8 Å². The summed E-state index contributed by atoms with van der Waals surface area (Å²) >= 11 is 1.35. The summed E-state index contributed by atoms with van der Waals surface area (Å²) in [5, 5.41) is 11.8. The van der Waals surface area contributed by atoms with E-state index >= 15 is 0 Å². The van der Waals surface area contributed by atoms with Crippen LogP contribution in [0.3, 0.4) is 0 Å². The van der Waals surface area contributed by atoms with Crippen molar-refractivity contribution in [3.05, 3.63) is 5.01 Å². The van der Waals surface area contributed by atoms with E-state index < -0.39 is 9.84 Å².